The van der Waals surface area contributed by atoms with E-state index in [1.165, 1.54) is 6.07 Å². The molecule has 0 bridgehead atoms. The first-order chi connectivity index (χ1) is 8.60. The number of rotatable bonds is 7. The molecule has 1 aromatic carbocycles. The number of hydrogen-bond acceptors (Lipinski definition) is 3. The van der Waals surface area contributed by atoms with Crippen LogP contribution < -0.4 is 5.73 Å². The summed E-state index contributed by atoms with van der Waals surface area (Å²) < 4.78 is 19.7. The van der Waals surface area contributed by atoms with Gasteiger partial charge in [-0.15, -0.1) is 0 Å². The second-order valence-electron chi connectivity index (χ2n) is 4.24. The van der Waals surface area contributed by atoms with E-state index in [-0.39, 0.29) is 11.9 Å². The molecule has 2 N–H and O–H groups in total. The molecule has 3 nitrogen and oxygen atoms in total. The molecule has 0 saturated heterocycles. The van der Waals surface area contributed by atoms with Crippen molar-refractivity contribution in [2.75, 3.05) is 33.9 Å². The number of methoxy groups -OCH3 is 1. The molecule has 0 spiro atoms. The van der Waals surface area contributed by atoms with Crippen LogP contribution >= 0.6 is 15.9 Å². The average molecular weight is 319 g/mol. The summed E-state index contributed by atoms with van der Waals surface area (Å²) in [6.45, 7) is 1.90. The van der Waals surface area contributed by atoms with E-state index in [4.69, 9.17) is 10.5 Å². The second-order valence-corrected chi connectivity index (χ2v) is 5.16. The van der Waals surface area contributed by atoms with Gasteiger partial charge in [-0.05, 0) is 31.7 Å². The van der Waals surface area contributed by atoms with Gasteiger partial charge in [0.15, 0.2) is 0 Å². The zero-order valence-corrected chi connectivity index (χ0v) is 12.4. The number of benzene rings is 1. The largest absolute Gasteiger partial charge is 0.385 e. The lowest BCUT2D eigenvalue weighted by molar-refractivity contribution is 0.165. The van der Waals surface area contributed by atoms with Crippen LogP contribution in [0.4, 0.5) is 4.39 Å². The zero-order chi connectivity index (χ0) is 13.5. The summed E-state index contributed by atoms with van der Waals surface area (Å²) in [6.07, 6.45) is 0.902. The molecule has 0 aliphatic heterocycles. The van der Waals surface area contributed by atoms with Crippen LogP contribution in [0.25, 0.3) is 0 Å². The number of nitrogens with two attached hydrogens (primary N) is 1. The summed E-state index contributed by atoms with van der Waals surface area (Å²) in [5, 5.41) is 0. The molecule has 1 unspecified atom stereocenters. The number of likely N-dealkylation sites (N-methyl/N-ethyl adjacent to an activating group) is 1. The van der Waals surface area contributed by atoms with Crippen LogP contribution in [-0.2, 0) is 4.74 Å². The number of nitrogens with zero attached hydrogens (tertiary/aromatic N) is 1. The van der Waals surface area contributed by atoms with Crippen molar-refractivity contribution in [1.29, 1.82) is 0 Å². The molecule has 1 atom stereocenters. The summed E-state index contributed by atoms with van der Waals surface area (Å²) in [7, 11) is 3.63. The smallest absolute Gasteiger partial charge is 0.128 e. The van der Waals surface area contributed by atoms with Gasteiger partial charge in [0.2, 0.25) is 0 Å². The maximum atomic E-state index is 13.8. The van der Waals surface area contributed by atoms with Gasteiger partial charge in [-0.3, -0.25) is 4.90 Å². The molecule has 0 saturated carbocycles. The van der Waals surface area contributed by atoms with Crippen molar-refractivity contribution in [3.63, 3.8) is 0 Å². The van der Waals surface area contributed by atoms with Crippen LogP contribution in [0.3, 0.4) is 0 Å². The number of hydrogen-bond donors (Lipinski definition) is 1. The number of halogens is 2. The van der Waals surface area contributed by atoms with Crippen LogP contribution in [0.1, 0.15) is 18.0 Å². The van der Waals surface area contributed by atoms with E-state index in [9.17, 15) is 4.39 Å². The van der Waals surface area contributed by atoms with Gasteiger partial charge in [0.05, 0.1) is 0 Å². The molecule has 102 valence electrons. The standard InChI is InChI=1S/C13H20BrFN2O/c1-17(6-3-7-18-2)13(9-16)11-8-10(14)4-5-12(11)15/h4-5,8,13H,3,6-7,9,16H2,1-2H3. The molecule has 1 rings (SSSR count). The van der Waals surface area contributed by atoms with Crippen LogP contribution in [0.5, 0.6) is 0 Å². The van der Waals surface area contributed by atoms with Crippen molar-refractivity contribution in [2.45, 2.75) is 12.5 Å². The lowest BCUT2D eigenvalue weighted by Gasteiger charge is -2.27. The van der Waals surface area contributed by atoms with Crippen molar-refractivity contribution < 1.29 is 9.13 Å². The Kier molecular flexibility index (Phi) is 6.78. The minimum atomic E-state index is -0.216. The Morgan fingerprint density at radius 1 is 1.50 bits per heavy atom. The van der Waals surface area contributed by atoms with E-state index < -0.39 is 0 Å². The topological polar surface area (TPSA) is 38.5 Å². The Balaban J connectivity index is 2.78. The lowest BCUT2D eigenvalue weighted by atomic mass is 10.0. The van der Waals surface area contributed by atoms with Crippen LogP contribution in [0.2, 0.25) is 0 Å². The average Bonchev–Trinajstić information content (AvgIpc) is 2.35. The Bertz CT molecular complexity index is 376. The molecule has 0 heterocycles. The van der Waals surface area contributed by atoms with Gasteiger partial charge in [0.1, 0.15) is 5.82 Å². The van der Waals surface area contributed by atoms with E-state index in [0.29, 0.717) is 18.7 Å². The maximum Gasteiger partial charge on any atom is 0.128 e. The molecule has 0 aliphatic carbocycles. The maximum absolute atomic E-state index is 13.8. The third-order valence-electron chi connectivity index (χ3n) is 2.93. The third-order valence-corrected chi connectivity index (χ3v) is 3.42. The lowest BCUT2D eigenvalue weighted by Crippen LogP contribution is -2.32. The Labute approximate surface area is 116 Å². The molecule has 0 aromatic heterocycles. The molecule has 0 fully saturated rings. The fraction of sp³-hybridized carbons (Fsp3) is 0.538. The molecule has 1 aromatic rings. The van der Waals surface area contributed by atoms with Gasteiger partial charge >= 0.3 is 0 Å². The molecule has 5 heteroatoms. The van der Waals surface area contributed by atoms with Gasteiger partial charge in [-0.1, -0.05) is 15.9 Å². The molecule has 18 heavy (non-hydrogen) atoms. The first-order valence-electron chi connectivity index (χ1n) is 5.94. The third kappa shape index (κ3) is 4.31. The highest BCUT2D eigenvalue weighted by atomic mass is 79.9. The summed E-state index contributed by atoms with van der Waals surface area (Å²) >= 11 is 3.36. The van der Waals surface area contributed by atoms with Gasteiger partial charge < -0.3 is 10.5 Å². The van der Waals surface area contributed by atoms with Crippen LogP contribution in [0.15, 0.2) is 22.7 Å². The fourth-order valence-electron chi connectivity index (χ4n) is 1.93. The molecule has 0 amide bonds. The highest BCUT2D eigenvalue weighted by Crippen LogP contribution is 2.25. The van der Waals surface area contributed by atoms with E-state index in [2.05, 4.69) is 20.8 Å². The fourth-order valence-corrected chi connectivity index (χ4v) is 2.31. The summed E-state index contributed by atoms with van der Waals surface area (Å²) in [5.74, 6) is -0.216. The van der Waals surface area contributed by atoms with Crippen molar-refractivity contribution in [1.82, 2.24) is 4.90 Å². The first kappa shape index (κ1) is 15.6. The van der Waals surface area contributed by atoms with Crippen molar-refractivity contribution in [2.24, 2.45) is 5.73 Å². The van der Waals surface area contributed by atoms with Crippen molar-refractivity contribution in [3.8, 4) is 0 Å². The van der Waals surface area contributed by atoms with E-state index in [1.807, 2.05) is 7.05 Å². The molecule has 0 aliphatic rings. The predicted molar refractivity (Wildman–Crippen MR) is 75.0 cm³/mol. The van der Waals surface area contributed by atoms with E-state index in [1.54, 1.807) is 19.2 Å². The second kappa shape index (κ2) is 7.84. The van der Waals surface area contributed by atoms with Gasteiger partial charge in [0, 0.05) is 42.9 Å². The number of ether oxygens (including phenoxy) is 1. The van der Waals surface area contributed by atoms with Crippen LogP contribution in [0, 0.1) is 5.82 Å². The summed E-state index contributed by atoms with van der Waals surface area (Å²) in [5.41, 5.74) is 6.41. The van der Waals surface area contributed by atoms with Crippen molar-refractivity contribution in [3.05, 3.63) is 34.1 Å². The van der Waals surface area contributed by atoms with Crippen molar-refractivity contribution >= 4 is 15.9 Å². The first-order valence-corrected chi connectivity index (χ1v) is 6.73. The minimum Gasteiger partial charge on any atom is -0.385 e. The van der Waals surface area contributed by atoms with E-state index in [0.717, 1.165) is 17.4 Å². The quantitative estimate of drug-likeness (QED) is 0.785. The van der Waals surface area contributed by atoms with Crippen LogP contribution in [-0.4, -0.2) is 38.8 Å². The Morgan fingerprint density at radius 3 is 2.83 bits per heavy atom. The molecular weight excluding hydrogens is 299 g/mol. The van der Waals surface area contributed by atoms with Gasteiger partial charge in [0.25, 0.3) is 0 Å². The van der Waals surface area contributed by atoms with E-state index >= 15 is 0 Å². The monoisotopic (exact) mass is 318 g/mol. The minimum absolute atomic E-state index is 0.112. The highest BCUT2D eigenvalue weighted by molar-refractivity contribution is 9.10. The highest BCUT2D eigenvalue weighted by Gasteiger charge is 2.19. The summed E-state index contributed by atoms with van der Waals surface area (Å²) in [6, 6.07) is 4.83. The summed E-state index contributed by atoms with van der Waals surface area (Å²) in [4.78, 5) is 2.06. The Morgan fingerprint density at radius 2 is 2.22 bits per heavy atom. The Hall–Kier alpha value is -0.490. The normalized spacial score (nSPS) is 13.0. The SMILES string of the molecule is COCCCN(C)C(CN)c1cc(Br)ccc1F. The zero-order valence-electron chi connectivity index (χ0n) is 10.8. The van der Waals surface area contributed by atoms with Gasteiger partial charge in [-0.2, -0.15) is 0 Å². The predicted octanol–water partition coefficient (Wildman–Crippen LogP) is 2.56. The molecular formula is C13H20BrFN2O. The van der Waals surface area contributed by atoms with Gasteiger partial charge in [-0.25, -0.2) is 4.39 Å². The molecule has 0 radical (unpaired) electrons.